The van der Waals surface area contributed by atoms with Crippen molar-refractivity contribution in [3.05, 3.63) is 0 Å². The van der Waals surface area contributed by atoms with Gasteiger partial charge in [-0.05, 0) is 37.0 Å². The largest absolute Gasteiger partial charge is 0.323 e. The van der Waals surface area contributed by atoms with Crippen molar-refractivity contribution < 1.29 is 4.79 Å². The van der Waals surface area contributed by atoms with Gasteiger partial charge in [-0.25, -0.2) is 0 Å². The predicted octanol–water partition coefficient (Wildman–Crippen LogP) is 3.78. The zero-order valence-corrected chi connectivity index (χ0v) is 14.6. The van der Waals surface area contributed by atoms with Crippen molar-refractivity contribution >= 4 is 5.91 Å². The Kier molecular flexibility index (Phi) is 5.70. The molecule has 3 nitrogen and oxygen atoms in total. The SMILES string of the molecule is CCC(C)C1NC(CC)N(C2CCCCC2C(C)C)C1=O. The first-order valence-electron chi connectivity index (χ1n) is 9.09. The van der Waals surface area contributed by atoms with Crippen molar-refractivity contribution in [1.29, 1.82) is 0 Å². The number of hydrogen-bond donors (Lipinski definition) is 1. The Hall–Kier alpha value is -0.570. The average molecular weight is 294 g/mol. The van der Waals surface area contributed by atoms with Crippen molar-refractivity contribution in [2.45, 2.75) is 91.4 Å². The van der Waals surface area contributed by atoms with Gasteiger partial charge in [-0.2, -0.15) is 0 Å². The van der Waals surface area contributed by atoms with Crippen LogP contribution in [0.4, 0.5) is 0 Å². The van der Waals surface area contributed by atoms with Crippen LogP contribution in [0.2, 0.25) is 0 Å². The summed E-state index contributed by atoms with van der Waals surface area (Å²) in [6.45, 7) is 11.2. The Morgan fingerprint density at radius 2 is 1.86 bits per heavy atom. The van der Waals surface area contributed by atoms with Crippen LogP contribution in [0.5, 0.6) is 0 Å². The van der Waals surface area contributed by atoms with Gasteiger partial charge < -0.3 is 4.90 Å². The minimum Gasteiger partial charge on any atom is -0.323 e. The number of nitrogens with one attached hydrogen (secondary N) is 1. The summed E-state index contributed by atoms with van der Waals surface area (Å²) in [5, 5.41) is 3.62. The van der Waals surface area contributed by atoms with E-state index in [0.717, 1.165) is 12.8 Å². The summed E-state index contributed by atoms with van der Waals surface area (Å²) < 4.78 is 0. The van der Waals surface area contributed by atoms with E-state index in [2.05, 4.69) is 44.8 Å². The first-order chi connectivity index (χ1) is 10.0. The van der Waals surface area contributed by atoms with Gasteiger partial charge in [0.15, 0.2) is 0 Å². The van der Waals surface area contributed by atoms with Crippen molar-refractivity contribution in [1.82, 2.24) is 10.2 Å². The van der Waals surface area contributed by atoms with Gasteiger partial charge in [0.05, 0.1) is 12.2 Å². The van der Waals surface area contributed by atoms with Crippen molar-refractivity contribution in [2.75, 3.05) is 0 Å². The molecule has 1 N–H and O–H groups in total. The second kappa shape index (κ2) is 7.13. The van der Waals surface area contributed by atoms with E-state index in [1.165, 1.54) is 25.7 Å². The number of nitrogens with zero attached hydrogens (tertiary/aromatic N) is 1. The molecule has 1 amide bonds. The van der Waals surface area contributed by atoms with E-state index in [1.54, 1.807) is 0 Å². The molecule has 1 heterocycles. The predicted molar refractivity (Wildman–Crippen MR) is 87.9 cm³/mol. The zero-order valence-electron chi connectivity index (χ0n) is 14.6. The van der Waals surface area contributed by atoms with Gasteiger partial charge in [0.2, 0.25) is 5.91 Å². The molecule has 1 aliphatic carbocycles. The van der Waals surface area contributed by atoms with Gasteiger partial charge in [0, 0.05) is 6.04 Å². The van der Waals surface area contributed by atoms with E-state index in [9.17, 15) is 4.79 Å². The lowest BCUT2D eigenvalue weighted by atomic mass is 9.77. The van der Waals surface area contributed by atoms with Crippen LogP contribution in [0.1, 0.15) is 73.1 Å². The molecule has 2 fully saturated rings. The van der Waals surface area contributed by atoms with Crippen LogP contribution in [-0.2, 0) is 4.79 Å². The third kappa shape index (κ3) is 3.28. The van der Waals surface area contributed by atoms with Crippen LogP contribution in [0.3, 0.4) is 0 Å². The molecule has 1 saturated carbocycles. The Morgan fingerprint density at radius 1 is 1.19 bits per heavy atom. The van der Waals surface area contributed by atoms with Crippen LogP contribution in [0, 0.1) is 17.8 Å². The summed E-state index contributed by atoms with van der Waals surface area (Å²) in [5.41, 5.74) is 0. The maximum absolute atomic E-state index is 13.0. The van der Waals surface area contributed by atoms with Crippen LogP contribution >= 0.6 is 0 Å². The van der Waals surface area contributed by atoms with E-state index in [1.807, 2.05) is 0 Å². The summed E-state index contributed by atoms with van der Waals surface area (Å²) >= 11 is 0. The normalized spacial score (nSPS) is 35.5. The first kappa shape index (κ1) is 16.8. The second-order valence-electron chi connectivity index (χ2n) is 7.46. The molecule has 21 heavy (non-hydrogen) atoms. The molecular formula is C18H34N2O. The Morgan fingerprint density at radius 3 is 2.43 bits per heavy atom. The molecule has 1 saturated heterocycles. The highest BCUT2D eigenvalue weighted by Gasteiger charge is 2.46. The third-order valence-electron chi connectivity index (χ3n) is 5.82. The lowest BCUT2D eigenvalue weighted by Crippen LogP contribution is -2.50. The summed E-state index contributed by atoms with van der Waals surface area (Å²) in [5.74, 6) is 2.14. The molecule has 0 radical (unpaired) electrons. The number of amides is 1. The fourth-order valence-corrected chi connectivity index (χ4v) is 4.29. The van der Waals surface area contributed by atoms with Crippen molar-refractivity contribution in [3.8, 4) is 0 Å². The number of carbonyl (C=O) groups excluding carboxylic acids is 1. The molecule has 0 aromatic rings. The summed E-state index contributed by atoms with van der Waals surface area (Å²) in [7, 11) is 0. The van der Waals surface area contributed by atoms with Crippen LogP contribution in [0.25, 0.3) is 0 Å². The van der Waals surface area contributed by atoms with E-state index >= 15 is 0 Å². The Balaban J connectivity index is 2.20. The van der Waals surface area contributed by atoms with E-state index < -0.39 is 0 Å². The molecule has 0 spiro atoms. The Bertz CT molecular complexity index is 355. The van der Waals surface area contributed by atoms with Gasteiger partial charge in [-0.3, -0.25) is 10.1 Å². The minimum absolute atomic E-state index is 0.0367. The van der Waals surface area contributed by atoms with E-state index in [4.69, 9.17) is 0 Å². The smallest absolute Gasteiger partial charge is 0.241 e. The maximum Gasteiger partial charge on any atom is 0.241 e. The van der Waals surface area contributed by atoms with Gasteiger partial charge in [0.25, 0.3) is 0 Å². The van der Waals surface area contributed by atoms with Crippen LogP contribution in [-0.4, -0.2) is 29.1 Å². The zero-order chi connectivity index (χ0) is 15.6. The summed E-state index contributed by atoms with van der Waals surface area (Å²) in [4.78, 5) is 15.3. The van der Waals surface area contributed by atoms with Crippen LogP contribution < -0.4 is 5.32 Å². The molecule has 0 aromatic heterocycles. The topological polar surface area (TPSA) is 32.3 Å². The average Bonchev–Trinajstić information content (AvgIpc) is 2.83. The third-order valence-corrected chi connectivity index (χ3v) is 5.82. The van der Waals surface area contributed by atoms with E-state index in [-0.39, 0.29) is 12.2 Å². The van der Waals surface area contributed by atoms with Gasteiger partial charge in [-0.1, -0.05) is 53.9 Å². The Labute approximate surface area is 130 Å². The first-order valence-corrected chi connectivity index (χ1v) is 9.09. The fourth-order valence-electron chi connectivity index (χ4n) is 4.29. The molecule has 0 aromatic carbocycles. The molecule has 0 bridgehead atoms. The molecule has 5 atom stereocenters. The van der Waals surface area contributed by atoms with Gasteiger partial charge in [0.1, 0.15) is 0 Å². The molecule has 2 rings (SSSR count). The lowest BCUT2D eigenvalue weighted by Gasteiger charge is -2.42. The van der Waals surface area contributed by atoms with Crippen molar-refractivity contribution in [2.24, 2.45) is 17.8 Å². The molecule has 2 aliphatic rings. The fraction of sp³-hybridized carbons (Fsp3) is 0.944. The summed E-state index contributed by atoms with van der Waals surface area (Å²) in [6, 6.07) is 0.493. The second-order valence-corrected chi connectivity index (χ2v) is 7.46. The van der Waals surface area contributed by atoms with Crippen LogP contribution in [0.15, 0.2) is 0 Å². The molecular weight excluding hydrogens is 260 g/mol. The highest BCUT2D eigenvalue weighted by molar-refractivity contribution is 5.85. The number of carbonyl (C=O) groups is 1. The van der Waals surface area contributed by atoms with Gasteiger partial charge >= 0.3 is 0 Å². The highest BCUT2D eigenvalue weighted by atomic mass is 16.2. The van der Waals surface area contributed by atoms with Crippen molar-refractivity contribution in [3.63, 3.8) is 0 Å². The molecule has 1 aliphatic heterocycles. The van der Waals surface area contributed by atoms with E-state index in [0.29, 0.717) is 29.7 Å². The quantitative estimate of drug-likeness (QED) is 0.837. The summed E-state index contributed by atoms with van der Waals surface area (Å²) in [6.07, 6.45) is 7.42. The number of rotatable bonds is 5. The maximum atomic E-state index is 13.0. The monoisotopic (exact) mass is 294 g/mol. The number of hydrogen-bond acceptors (Lipinski definition) is 2. The standard InChI is InChI=1S/C18H34N2O/c1-6-13(5)17-18(21)20(16(7-2)19-17)15-11-9-8-10-14(15)12(3)4/h12-17,19H,6-11H2,1-5H3. The highest BCUT2D eigenvalue weighted by Crippen LogP contribution is 2.37. The molecule has 3 heteroatoms. The molecule has 5 unspecified atom stereocenters. The minimum atomic E-state index is 0.0367. The molecule has 122 valence electrons. The lowest BCUT2D eigenvalue weighted by molar-refractivity contribution is -0.135. The van der Waals surface area contributed by atoms with Gasteiger partial charge in [-0.15, -0.1) is 0 Å².